The van der Waals surface area contributed by atoms with Gasteiger partial charge in [-0.3, -0.25) is 9.69 Å². The van der Waals surface area contributed by atoms with E-state index in [2.05, 4.69) is 5.32 Å². The summed E-state index contributed by atoms with van der Waals surface area (Å²) in [6, 6.07) is -0.441. The minimum absolute atomic E-state index is 0.0603. The summed E-state index contributed by atoms with van der Waals surface area (Å²) in [5.41, 5.74) is 0. The second-order valence-corrected chi connectivity index (χ2v) is 4.73. The first-order valence-corrected chi connectivity index (χ1v) is 6.05. The molecule has 0 aromatic heterocycles. The van der Waals surface area contributed by atoms with Crippen LogP contribution in [0.2, 0.25) is 0 Å². The summed E-state index contributed by atoms with van der Waals surface area (Å²) >= 11 is 0. The molecule has 0 saturated carbocycles. The van der Waals surface area contributed by atoms with Crippen LogP contribution in [0.5, 0.6) is 0 Å². The number of carbonyl (C=O) groups excluding carboxylic acids is 2. The highest BCUT2D eigenvalue weighted by Gasteiger charge is 2.44. The standard InChI is InChI=1S/C11H18N2O5/c1-6(15)8-4-7(5-14)18-10(8)13-3-2-9(16)12-11(13)17/h7-10,14,16H,2-5H2,1H3,(H,12,17)/t7?,8?,9?,10-/m1/s1. The van der Waals surface area contributed by atoms with Crippen LogP contribution in [0.3, 0.4) is 0 Å². The molecule has 3 N–H and O–H groups in total. The quantitative estimate of drug-likeness (QED) is 0.605. The van der Waals surface area contributed by atoms with Crippen molar-refractivity contribution in [1.29, 1.82) is 0 Å². The average molecular weight is 258 g/mol. The first-order valence-electron chi connectivity index (χ1n) is 6.05. The number of hydrogen-bond acceptors (Lipinski definition) is 5. The van der Waals surface area contributed by atoms with Gasteiger partial charge >= 0.3 is 6.03 Å². The van der Waals surface area contributed by atoms with E-state index in [1.165, 1.54) is 11.8 Å². The number of Topliss-reactive ketones (excluding diaryl/α,β-unsaturated/α-hetero) is 1. The summed E-state index contributed by atoms with van der Waals surface area (Å²) in [6.07, 6.45) is -1.10. The second-order valence-electron chi connectivity index (χ2n) is 4.73. The number of hydrogen-bond donors (Lipinski definition) is 3. The monoisotopic (exact) mass is 258 g/mol. The van der Waals surface area contributed by atoms with Crippen LogP contribution in [0, 0.1) is 5.92 Å². The number of rotatable bonds is 3. The number of nitrogens with zero attached hydrogens (tertiary/aromatic N) is 1. The zero-order valence-corrected chi connectivity index (χ0v) is 10.2. The Labute approximate surface area is 105 Å². The van der Waals surface area contributed by atoms with Crippen molar-refractivity contribution in [3.8, 4) is 0 Å². The van der Waals surface area contributed by atoms with Gasteiger partial charge in [-0.25, -0.2) is 4.79 Å². The Balaban J connectivity index is 2.10. The largest absolute Gasteiger partial charge is 0.394 e. The van der Waals surface area contributed by atoms with Crippen molar-refractivity contribution >= 4 is 11.8 Å². The molecule has 2 saturated heterocycles. The molecule has 2 aliphatic rings. The maximum Gasteiger partial charge on any atom is 0.321 e. The highest BCUT2D eigenvalue weighted by molar-refractivity contribution is 5.81. The van der Waals surface area contributed by atoms with Crippen LogP contribution in [0.25, 0.3) is 0 Å². The molecule has 0 radical (unpaired) electrons. The number of aliphatic hydroxyl groups excluding tert-OH is 2. The molecule has 2 heterocycles. The van der Waals surface area contributed by atoms with Gasteiger partial charge in [-0.05, 0) is 13.3 Å². The zero-order valence-electron chi connectivity index (χ0n) is 10.2. The summed E-state index contributed by atoms with van der Waals surface area (Å²) in [4.78, 5) is 24.7. The molecule has 18 heavy (non-hydrogen) atoms. The van der Waals surface area contributed by atoms with Crippen molar-refractivity contribution in [3.63, 3.8) is 0 Å². The Morgan fingerprint density at radius 2 is 2.33 bits per heavy atom. The molecule has 0 spiro atoms. The van der Waals surface area contributed by atoms with Crippen molar-refractivity contribution < 1.29 is 24.5 Å². The predicted octanol–water partition coefficient (Wildman–Crippen LogP) is -0.967. The number of aliphatic hydroxyl groups is 2. The number of urea groups is 1. The summed E-state index contributed by atoms with van der Waals surface area (Å²) in [5.74, 6) is -0.474. The third kappa shape index (κ3) is 2.47. The van der Waals surface area contributed by atoms with Gasteiger partial charge in [0.1, 0.15) is 18.2 Å². The minimum atomic E-state index is -0.848. The Morgan fingerprint density at radius 3 is 2.89 bits per heavy atom. The fraction of sp³-hybridized carbons (Fsp3) is 0.818. The zero-order chi connectivity index (χ0) is 13.3. The van der Waals surface area contributed by atoms with Crippen molar-refractivity contribution in [2.75, 3.05) is 13.2 Å². The maximum absolute atomic E-state index is 11.8. The number of ether oxygens (including phenoxy) is 1. The second kappa shape index (κ2) is 5.21. The molecular weight excluding hydrogens is 240 g/mol. The van der Waals surface area contributed by atoms with Gasteiger partial charge in [0.05, 0.1) is 18.6 Å². The van der Waals surface area contributed by atoms with E-state index in [1.54, 1.807) is 0 Å². The first-order chi connectivity index (χ1) is 8.52. The van der Waals surface area contributed by atoms with Crippen LogP contribution < -0.4 is 5.32 Å². The summed E-state index contributed by atoms with van der Waals surface area (Å²) in [7, 11) is 0. The van der Waals surface area contributed by atoms with Crippen molar-refractivity contribution in [1.82, 2.24) is 10.2 Å². The third-order valence-electron chi connectivity index (χ3n) is 3.42. The van der Waals surface area contributed by atoms with Crippen LogP contribution in [0.4, 0.5) is 4.79 Å². The molecule has 0 aromatic carbocycles. The molecular formula is C11H18N2O5. The predicted molar refractivity (Wildman–Crippen MR) is 60.4 cm³/mol. The lowest BCUT2D eigenvalue weighted by atomic mass is 9.98. The van der Waals surface area contributed by atoms with Gasteiger partial charge in [0.25, 0.3) is 0 Å². The third-order valence-corrected chi connectivity index (χ3v) is 3.42. The maximum atomic E-state index is 11.8. The van der Waals surface area contributed by atoms with Gasteiger partial charge in [-0.15, -0.1) is 0 Å². The van der Waals surface area contributed by atoms with E-state index in [4.69, 9.17) is 9.84 Å². The summed E-state index contributed by atoms with van der Waals surface area (Å²) in [6.45, 7) is 1.62. The molecule has 7 nitrogen and oxygen atoms in total. The van der Waals surface area contributed by atoms with E-state index in [9.17, 15) is 14.7 Å². The van der Waals surface area contributed by atoms with Gasteiger partial charge in [0, 0.05) is 13.0 Å². The van der Waals surface area contributed by atoms with Gasteiger partial charge in [0.2, 0.25) is 0 Å². The lowest BCUT2D eigenvalue weighted by Crippen LogP contribution is -2.57. The highest BCUT2D eigenvalue weighted by atomic mass is 16.5. The lowest BCUT2D eigenvalue weighted by Gasteiger charge is -2.36. The van der Waals surface area contributed by atoms with Gasteiger partial charge in [-0.2, -0.15) is 0 Å². The number of ketones is 1. The van der Waals surface area contributed by atoms with Crippen LogP contribution in [-0.4, -0.2) is 58.6 Å². The Bertz CT molecular complexity index is 348. The van der Waals surface area contributed by atoms with Crippen molar-refractivity contribution in [2.24, 2.45) is 5.92 Å². The molecule has 0 aliphatic carbocycles. The van der Waals surface area contributed by atoms with E-state index in [-0.39, 0.29) is 12.4 Å². The first kappa shape index (κ1) is 13.3. The molecule has 2 amide bonds. The molecule has 2 fully saturated rings. The van der Waals surface area contributed by atoms with Crippen LogP contribution in [0.15, 0.2) is 0 Å². The number of carbonyl (C=O) groups is 2. The summed E-state index contributed by atoms with van der Waals surface area (Å²) in [5, 5.41) is 20.8. The van der Waals surface area contributed by atoms with Crippen molar-refractivity contribution in [2.45, 2.75) is 38.3 Å². The van der Waals surface area contributed by atoms with E-state index < -0.39 is 30.5 Å². The van der Waals surface area contributed by atoms with E-state index in [0.29, 0.717) is 19.4 Å². The van der Waals surface area contributed by atoms with E-state index >= 15 is 0 Å². The fourth-order valence-corrected chi connectivity index (χ4v) is 2.43. The van der Waals surface area contributed by atoms with Crippen LogP contribution in [-0.2, 0) is 9.53 Å². The number of amides is 2. The normalized spacial score (nSPS) is 36.6. The molecule has 7 heteroatoms. The smallest absolute Gasteiger partial charge is 0.321 e. The summed E-state index contributed by atoms with van der Waals surface area (Å²) < 4.78 is 5.54. The fourth-order valence-electron chi connectivity index (χ4n) is 2.43. The Kier molecular flexibility index (Phi) is 3.84. The average Bonchev–Trinajstić information content (AvgIpc) is 2.73. The van der Waals surface area contributed by atoms with E-state index in [1.807, 2.05) is 0 Å². The molecule has 0 aromatic rings. The molecule has 2 rings (SSSR count). The van der Waals surface area contributed by atoms with Gasteiger partial charge < -0.3 is 20.3 Å². The van der Waals surface area contributed by atoms with Crippen molar-refractivity contribution in [3.05, 3.63) is 0 Å². The van der Waals surface area contributed by atoms with Gasteiger partial charge in [-0.1, -0.05) is 0 Å². The SMILES string of the molecule is CC(=O)C1CC(CO)O[C@H]1N1CCC(O)NC1=O. The highest BCUT2D eigenvalue weighted by Crippen LogP contribution is 2.30. The molecule has 3 unspecified atom stereocenters. The molecule has 0 bridgehead atoms. The van der Waals surface area contributed by atoms with Crippen LogP contribution >= 0.6 is 0 Å². The lowest BCUT2D eigenvalue weighted by molar-refractivity contribution is -0.127. The topological polar surface area (TPSA) is 99.1 Å². The Morgan fingerprint density at radius 1 is 1.61 bits per heavy atom. The van der Waals surface area contributed by atoms with Gasteiger partial charge in [0.15, 0.2) is 0 Å². The van der Waals surface area contributed by atoms with Crippen LogP contribution in [0.1, 0.15) is 19.8 Å². The number of nitrogens with one attached hydrogen (secondary N) is 1. The molecule has 4 atom stereocenters. The Hall–Kier alpha value is -1.18. The van der Waals surface area contributed by atoms with E-state index in [0.717, 1.165) is 0 Å². The molecule has 2 aliphatic heterocycles. The minimum Gasteiger partial charge on any atom is -0.394 e. The molecule has 102 valence electrons.